The quantitative estimate of drug-likeness (QED) is 0.366. The number of aromatic nitrogens is 1. The third-order valence-electron chi connectivity index (χ3n) is 7.16. The van der Waals surface area contributed by atoms with Crippen LogP contribution in [0.4, 0.5) is 39.0 Å². The highest BCUT2D eigenvalue weighted by molar-refractivity contribution is 5.95. The highest BCUT2D eigenvalue weighted by Gasteiger charge is 2.34. The number of carbonyl (C=O) groups excluding carboxylic acids is 1. The van der Waals surface area contributed by atoms with Crippen molar-refractivity contribution in [3.05, 3.63) is 111 Å². The van der Waals surface area contributed by atoms with Gasteiger partial charge in [0.1, 0.15) is 11.6 Å². The van der Waals surface area contributed by atoms with E-state index in [9.17, 15) is 31.5 Å². The number of hydrogen-bond donors (Lipinski definition) is 2. The molecule has 0 saturated carbocycles. The second kappa shape index (κ2) is 9.61. The minimum absolute atomic E-state index is 0.259. The van der Waals surface area contributed by atoms with Crippen molar-refractivity contribution >= 4 is 34.7 Å². The van der Waals surface area contributed by atoms with Gasteiger partial charge in [-0.05, 0) is 72.3 Å². The van der Waals surface area contributed by atoms with Crippen molar-refractivity contribution < 1.29 is 26.7 Å². The zero-order chi connectivity index (χ0) is 29.1. The predicted molar refractivity (Wildman–Crippen MR) is 145 cm³/mol. The molecule has 2 aromatic rings. The maximum atomic E-state index is 13.8. The zero-order valence-electron chi connectivity index (χ0n) is 21.4. The van der Waals surface area contributed by atoms with E-state index >= 15 is 0 Å². The summed E-state index contributed by atoms with van der Waals surface area (Å²) in [6.45, 7) is 0.402. The van der Waals surface area contributed by atoms with Crippen LogP contribution in [0.5, 0.6) is 0 Å². The Kier molecular flexibility index (Phi) is 6.17. The van der Waals surface area contributed by atoms with E-state index in [2.05, 4.69) is 10.3 Å². The summed E-state index contributed by atoms with van der Waals surface area (Å²) in [6.07, 6.45) is -0.427. The number of fused-ring (bicyclic) bond motifs is 2. The average Bonchev–Trinajstić information content (AvgIpc) is 3.11. The Morgan fingerprint density at radius 1 is 1.00 bits per heavy atom. The number of rotatable bonds is 4. The minimum Gasteiger partial charge on any atom is -0.350 e. The van der Waals surface area contributed by atoms with Crippen LogP contribution < -0.4 is 31.2 Å². The first-order chi connectivity index (χ1) is 19.5. The van der Waals surface area contributed by atoms with Gasteiger partial charge < -0.3 is 20.1 Å². The van der Waals surface area contributed by atoms with Gasteiger partial charge in [-0.2, -0.15) is 13.2 Å². The number of anilines is 3. The standard InChI is InChI=1S/C30H21F5N4O2/c1-38-12-10-22(36-25(40)15-16-14-18(32)4-8-21(16)30(33,34)35)20-7-9-24-26-23(37-29(41)27(26)28(20)38)11-13-39(24)19-5-2-17(31)3-6-19/h2-12,14H,13,15H2,1H3,(H,36,40)(H,37,41). The molecule has 41 heavy (non-hydrogen) atoms. The fraction of sp³-hybridized carbons (Fsp3) is 0.133. The lowest BCUT2D eigenvalue weighted by atomic mass is 10.0. The second-order valence-electron chi connectivity index (χ2n) is 9.75. The van der Waals surface area contributed by atoms with Crippen molar-refractivity contribution in [2.24, 2.45) is 0 Å². The Labute approximate surface area is 229 Å². The van der Waals surface area contributed by atoms with Crippen LogP contribution in [0.3, 0.4) is 0 Å². The minimum atomic E-state index is -4.76. The van der Waals surface area contributed by atoms with Gasteiger partial charge in [0.05, 0.1) is 34.6 Å². The maximum Gasteiger partial charge on any atom is 0.416 e. The summed E-state index contributed by atoms with van der Waals surface area (Å²) in [5, 5.41) is 3.73. The molecule has 0 saturated heterocycles. The van der Waals surface area contributed by atoms with E-state index in [1.807, 2.05) is 11.0 Å². The van der Waals surface area contributed by atoms with Crippen molar-refractivity contribution in [3.63, 3.8) is 0 Å². The van der Waals surface area contributed by atoms with E-state index in [0.717, 1.165) is 0 Å². The van der Waals surface area contributed by atoms with Gasteiger partial charge >= 0.3 is 6.18 Å². The van der Waals surface area contributed by atoms with Gasteiger partial charge in [-0.25, -0.2) is 8.78 Å². The molecular weight excluding hydrogens is 543 g/mol. The Bertz CT molecular complexity index is 1890. The summed E-state index contributed by atoms with van der Waals surface area (Å²) in [5.41, 5.74) is 1.14. The van der Waals surface area contributed by atoms with Gasteiger partial charge in [-0.1, -0.05) is 0 Å². The summed E-state index contributed by atoms with van der Waals surface area (Å²) < 4.78 is 67.8. The Balaban J connectivity index is 1.47. The molecule has 0 radical (unpaired) electrons. The molecule has 0 fully saturated rings. The van der Waals surface area contributed by atoms with Crippen molar-refractivity contribution in [1.82, 2.24) is 10.3 Å². The molecule has 2 N–H and O–H groups in total. The number of halogens is 5. The monoisotopic (exact) mass is 564 g/mol. The number of H-pyrrole nitrogens is 1. The summed E-state index contributed by atoms with van der Waals surface area (Å²) in [5.74, 6) is -2.07. The lowest BCUT2D eigenvalue weighted by Crippen LogP contribution is -2.33. The highest BCUT2D eigenvalue weighted by Crippen LogP contribution is 2.38. The van der Waals surface area contributed by atoms with E-state index in [1.54, 1.807) is 48.5 Å². The Morgan fingerprint density at radius 3 is 2.46 bits per heavy atom. The largest absolute Gasteiger partial charge is 0.416 e. The van der Waals surface area contributed by atoms with Gasteiger partial charge in [-0.3, -0.25) is 9.59 Å². The number of carbonyl (C=O) groups is 1. The summed E-state index contributed by atoms with van der Waals surface area (Å²) in [6, 6.07) is 11.4. The fourth-order valence-electron chi connectivity index (χ4n) is 5.37. The molecule has 0 aromatic heterocycles. The third-order valence-corrected chi connectivity index (χ3v) is 7.16. The van der Waals surface area contributed by atoms with Crippen molar-refractivity contribution in [1.29, 1.82) is 0 Å². The van der Waals surface area contributed by atoms with Gasteiger partial charge in [-0.15, -0.1) is 0 Å². The highest BCUT2D eigenvalue weighted by atomic mass is 19.4. The fourth-order valence-corrected chi connectivity index (χ4v) is 5.37. The molecule has 4 aliphatic rings. The van der Waals surface area contributed by atoms with E-state index in [4.69, 9.17) is 0 Å². The van der Waals surface area contributed by atoms with Crippen LogP contribution in [0.25, 0.3) is 22.9 Å². The number of hydrogen-bond acceptors (Lipinski definition) is 4. The average molecular weight is 565 g/mol. The molecule has 6 rings (SSSR count). The molecule has 208 valence electrons. The zero-order valence-corrected chi connectivity index (χ0v) is 21.4. The first-order valence-electron chi connectivity index (χ1n) is 12.5. The van der Waals surface area contributed by atoms with Gasteiger partial charge in [0.2, 0.25) is 5.91 Å². The summed E-state index contributed by atoms with van der Waals surface area (Å²) in [7, 11) is 1.73. The molecule has 0 spiro atoms. The van der Waals surface area contributed by atoms with Gasteiger partial charge in [0.25, 0.3) is 5.56 Å². The smallest absolute Gasteiger partial charge is 0.350 e. The Hall–Kier alpha value is -4.93. The van der Waals surface area contributed by atoms with Crippen LogP contribution in [-0.4, -0.2) is 24.5 Å². The normalized spacial score (nSPS) is 14.2. The van der Waals surface area contributed by atoms with Crippen molar-refractivity contribution in [2.45, 2.75) is 12.6 Å². The van der Waals surface area contributed by atoms with Crippen LogP contribution in [0.2, 0.25) is 0 Å². The SMILES string of the molecule is CN1C=CC(NC(=O)Cc2cc(F)ccc2C(F)(F)F)=c2ccc3c4c([nH]c(=O)c-4c21)=CCN3c1ccc(F)cc1. The molecular formula is C30H21F5N4O2. The van der Waals surface area contributed by atoms with E-state index in [0.29, 0.717) is 63.5 Å². The molecule has 11 heteroatoms. The second-order valence-corrected chi connectivity index (χ2v) is 9.75. The predicted octanol–water partition coefficient (Wildman–Crippen LogP) is 4.14. The van der Waals surface area contributed by atoms with E-state index in [-0.39, 0.29) is 17.1 Å². The molecule has 0 bridgehead atoms. The van der Waals surface area contributed by atoms with Crippen LogP contribution in [0.1, 0.15) is 11.1 Å². The molecule has 0 atom stereocenters. The van der Waals surface area contributed by atoms with Gasteiger partial charge in [0, 0.05) is 41.6 Å². The number of aromatic amines is 1. The summed E-state index contributed by atoms with van der Waals surface area (Å²) >= 11 is 0. The van der Waals surface area contributed by atoms with Crippen molar-refractivity contribution in [2.75, 3.05) is 23.4 Å². The van der Waals surface area contributed by atoms with Crippen LogP contribution in [-0.2, 0) is 17.4 Å². The molecule has 1 aliphatic carbocycles. The number of amides is 1. The van der Waals surface area contributed by atoms with E-state index in [1.165, 1.54) is 12.1 Å². The molecule has 6 nitrogen and oxygen atoms in total. The molecule has 3 heterocycles. The van der Waals surface area contributed by atoms with Crippen LogP contribution in [0, 0.1) is 11.6 Å². The third kappa shape index (κ3) is 4.62. The van der Waals surface area contributed by atoms with Crippen LogP contribution >= 0.6 is 0 Å². The van der Waals surface area contributed by atoms with E-state index < -0.39 is 35.4 Å². The lowest BCUT2D eigenvalue weighted by Gasteiger charge is -2.27. The van der Waals surface area contributed by atoms with Gasteiger partial charge in [0.15, 0.2) is 0 Å². The Morgan fingerprint density at radius 2 is 1.73 bits per heavy atom. The number of nitrogens with one attached hydrogen (secondary N) is 2. The lowest BCUT2D eigenvalue weighted by molar-refractivity contribution is -0.138. The molecule has 3 aliphatic heterocycles. The first kappa shape index (κ1) is 26.3. The number of nitrogens with zero attached hydrogens (tertiary/aromatic N) is 2. The molecule has 1 amide bonds. The first-order valence-corrected chi connectivity index (χ1v) is 12.5. The molecule has 0 unspecified atom stereocenters. The number of benzene rings is 2. The van der Waals surface area contributed by atoms with Crippen molar-refractivity contribution in [3.8, 4) is 11.1 Å². The summed E-state index contributed by atoms with van der Waals surface area (Å²) in [4.78, 5) is 32.8. The van der Waals surface area contributed by atoms with Crippen LogP contribution in [0.15, 0.2) is 71.7 Å². The number of alkyl halides is 3. The molecule has 2 aromatic carbocycles. The topological polar surface area (TPSA) is 68.4 Å². The maximum absolute atomic E-state index is 13.8.